The van der Waals surface area contributed by atoms with Gasteiger partial charge in [0.25, 0.3) is 0 Å². The van der Waals surface area contributed by atoms with Crippen LogP contribution in [0.3, 0.4) is 0 Å². The molecular formula is C22H29N7O. The van der Waals surface area contributed by atoms with E-state index in [4.69, 9.17) is 5.73 Å². The van der Waals surface area contributed by atoms with Crippen molar-refractivity contribution in [1.82, 2.24) is 14.9 Å². The second-order valence-corrected chi connectivity index (χ2v) is 8.61. The van der Waals surface area contributed by atoms with Gasteiger partial charge in [0.1, 0.15) is 5.69 Å². The van der Waals surface area contributed by atoms with Crippen molar-refractivity contribution < 1.29 is 4.79 Å². The first kappa shape index (κ1) is 19.1. The lowest BCUT2D eigenvalue weighted by molar-refractivity contribution is -0.115. The molecule has 1 aromatic carbocycles. The number of carbonyl (C=O) groups excluding carboxylic acids is 1. The van der Waals surface area contributed by atoms with E-state index in [0.29, 0.717) is 35.9 Å². The quantitative estimate of drug-likeness (QED) is 0.677. The first-order chi connectivity index (χ1) is 14.6. The van der Waals surface area contributed by atoms with Crippen LogP contribution >= 0.6 is 0 Å². The Labute approximate surface area is 176 Å². The lowest BCUT2D eigenvalue weighted by atomic mass is 10.1. The summed E-state index contributed by atoms with van der Waals surface area (Å²) in [7, 11) is 0. The summed E-state index contributed by atoms with van der Waals surface area (Å²) in [6, 6.07) is 9.08. The monoisotopic (exact) mass is 407 g/mol. The van der Waals surface area contributed by atoms with Crippen LogP contribution in [-0.4, -0.2) is 46.5 Å². The highest BCUT2D eigenvalue weighted by atomic mass is 16.2. The van der Waals surface area contributed by atoms with E-state index in [-0.39, 0.29) is 12.5 Å². The molecule has 0 bridgehead atoms. The molecule has 0 radical (unpaired) electrons. The number of anilines is 4. The summed E-state index contributed by atoms with van der Waals surface area (Å²) in [6.07, 6.45) is 6.18. The Morgan fingerprint density at radius 2 is 1.87 bits per heavy atom. The lowest BCUT2D eigenvalue weighted by Gasteiger charge is -2.31. The van der Waals surface area contributed by atoms with E-state index in [1.807, 2.05) is 4.90 Å². The minimum absolute atomic E-state index is 0.0924. The van der Waals surface area contributed by atoms with Crippen molar-refractivity contribution in [2.75, 3.05) is 40.9 Å². The summed E-state index contributed by atoms with van der Waals surface area (Å²) in [5, 5.41) is 6.15. The van der Waals surface area contributed by atoms with Crippen LogP contribution in [0.5, 0.6) is 0 Å². The predicted molar refractivity (Wildman–Crippen MR) is 118 cm³/mol. The molecule has 1 saturated heterocycles. The molecule has 1 aromatic heterocycles. The summed E-state index contributed by atoms with van der Waals surface area (Å²) in [5.74, 6) is 1.44. The number of likely N-dealkylation sites (tertiary alicyclic amines) is 1. The molecule has 3 heterocycles. The normalized spacial score (nSPS) is 19.3. The Morgan fingerprint density at radius 1 is 1.10 bits per heavy atom. The number of aromatic nitrogens is 2. The van der Waals surface area contributed by atoms with Gasteiger partial charge in [0.05, 0.1) is 6.54 Å². The molecule has 3 aliphatic rings. The second-order valence-electron chi connectivity index (χ2n) is 8.61. The summed E-state index contributed by atoms with van der Waals surface area (Å²) < 4.78 is 0. The van der Waals surface area contributed by atoms with Crippen molar-refractivity contribution in [3.05, 3.63) is 35.4 Å². The Balaban J connectivity index is 1.36. The molecule has 1 amide bonds. The molecule has 8 heteroatoms. The first-order valence-corrected chi connectivity index (χ1v) is 10.9. The van der Waals surface area contributed by atoms with Gasteiger partial charge in [0, 0.05) is 19.1 Å². The van der Waals surface area contributed by atoms with Crippen LogP contribution in [0.1, 0.15) is 43.2 Å². The average molecular weight is 408 g/mol. The number of amides is 1. The number of piperidine rings is 1. The SMILES string of the molecule is Nc1nc(NC2CC2)nc2c1NC(=O)CN2Cc1cccc(CN2CCCCC2)c1. The van der Waals surface area contributed by atoms with Crippen LogP contribution in [-0.2, 0) is 17.9 Å². The van der Waals surface area contributed by atoms with Gasteiger partial charge in [-0.05, 0) is 49.9 Å². The maximum Gasteiger partial charge on any atom is 0.244 e. The zero-order valence-electron chi connectivity index (χ0n) is 17.2. The van der Waals surface area contributed by atoms with E-state index >= 15 is 0 Å². The highest BCUT2D eigenvalue weighted by Crippen LogP contribution is 2.35. The average Bonchev–Trinajstić information content (AvgIpc) is 3.54. The van der Waals surface area contributed by atoms with Crippen molar-refractivity contribution in [3.8, 4) is 0 Å². The Kier molecular flexibility index (Phi) is 5.16. The van der Waals surface area contributed by atoms with Gasteiger partial charge in [-0.25, -0.2) is 0 Å². The van der Waals surface area contributed by atoms with Crippen LogP contribution in [0.2, 0.25) is 0 Å². The standard InChI is InChI=1S/C22H29N7O/c23-20-19-21(27-22(26-20)24-17-7-8-17)29(14-18(30)25-19)13-16-6-4-5-15(11-16)12-28-9-2-1-3-10-28/h4-6,11,17H,1-3,7-10,12-14H2,(H,25,30)(H3,23,24,26,27). The minimum Gasteiger partial charge on any atom is -0.382 e. The Morgan fingerprint density at radius 3 is 2.63 bits per heavy atom. The second kappa shape index (κ2) is 8.10. The van der Waals surface area contributed by atoms with Gasteiger partial charge in [0.15, 0.2) is 11.6 Å². The molecule has 0 atom stereocenters. The van der Waals surface area contributed by atoms with Gasteiger partial charge in [-0.15, -0.1) is 0 Å². The van der Waals surface area contributed by atoms with Crippen LogP contribution in [0.25, 0.3) is 0 Å². The van der Waals surface area contributed by atoms with E-state index in [1.54, 1.807) is 0 Å². The molecule has 0 spiro atoms. The maximum atomic E-state index is 12.3. The number of fused-ring (bicyclic) bond motifs is 1. The summed E-state index contributed by atoms with van der Waals surface area (Å²) in [5.41, 5.74) is 9.14. The highest BCUT2D eigenvalue weighted by Gasteiger charge is 2.29. The maximum absolute atomic E-state index is 12.3. The van der Waals surface area contributed by atoms with Gasteiger partial charge in [-0.3, -0.25) is 9.69 Å². The molecule has 158 valence electrons. The number of rotatable bonds is 6. The molecule has 2 aliphatic heterocycles. The zero-order valence-corrected chi connectivity index (χ0v) is 17.2. The molecular weight excluding hydrogens is 378 g/mol. The van der Waals surface area contributed by atoms with Crippen molar-refractivity contribution >= 4 is 29.2 Å². The van der Waals surface area contributed by atoms with Gasteiger partial charge in [0.2, 0.25) is 11.9 Å². The van der Waals surface area contributed by atoms with Gasteiger partial charge < -0.3 is 21.3 Å². The van der Waals surface area contributed by atoms with Crippen LogP contribution in [0, 0.1) is 0 Å². The molecule has 1 saturated carbocycles. The van der Waals surface area contributed by atoms with E-state index in [0.717, 1.165) is 19.4 Å². The predicted octanol–water partition coefficient (Wildman–Crippen LogP) is 2.58. The van der Waals surface area contributed by atoms with E-state index in [1.165, 1.54) is 43.5 Å². The smallest absolute Gasteiger partial charge is 0.244 e. The number of nitrogens with two attached hydrogens (primary N) is 1. The Hall–Kier alpha value is -2.87. The fourth-order valence-electron chi connectivity index (χ4n) is 4.27. The zero-order chi connectivity index (χ0) is 20.5. The highest BCUT2D eigenvalue weighted by molar-refractivity contribution is 6.03. The summed E-state index contributed by atoms with van der Waals surface area (Å²) in [4.78, 5) is 25.8. The summed E-state index contributed by atoms with van der Waals surface area (Å²) >= 11 is 0. The summed E-state index contributed by atoms with van der Waals surface area (Å²) in [6.45, 7) is 4.19. The number of nitrogen functional groups attached to an aromatic ring is 1. The number of benzene rings is 1. The van der Waals surface area contributed by atoms with Crippen molar-refractivity contribution in [2.45, 2.75) is 51.2 Å². The fraction of sp³-hybridized carbons (Fsp3) is 0.500. The number of hydrogen-bond acceptors (Lipinski definition) is 7. The van der Waals surface area contributed by atoms with E-state index in [9.17, 15) is 4.79 Å². The fourth-order valence-corrected chi connectivity index (χ4v) is 4.27. The van der Waals surface area contributed by atoms with E-state index in [2.05, 4.69) is 49.8 Å². The van der Waals surface area contributed by atoms with Crippen LogP contribution in [0.4, 0.5) is 23.3 Å². The third-order valence-corrected chi connectivity index (χ3v) is 5.95. The first-order valence-electron chi connectivity index (χ1n) is 10.9. The molecule has 1 aliphatic carbocycles. The van der Waals surface area contributed by atoms with Gasteiger partial charge in [-0.1, -0.05) is 30.7 Å². The molecule has 4 N–H and O–H groups in total. The molecule has 0 unspecified atom stereocenters. The van der Waals surface area contributed by atoms with E-state index < -0.39 is 0 Å². The molecule has 2 fully saturated rings. The Bertz CT molecular complexity index is 937. The third kappa shape index (κ3) is 4.33. The minimum atomic E-state index is -0.0924. The van der Waals surface area contributed by atoms with Crippen molar-refractivity contribution in [1.29, 1.82) is 0 Å². The van der Waals surface area contributed by atoms with Crippen molar-refractivity contribution in [2.24, 2.45) is 0 Å². The number of carbonyl (C=O) groups is 1. The molecule has 5 rings (SSSR count). The number of hydrogen-bond donors (Lipinski definition) is 3. The lowest BCUT2D eigenvalue weighted by Crippen LogP contribution is -2.39. The van der Waals surface area contributed by atoms with Gasteiger partial charge in [-0.2, -0.15) is 9.97 Å². The molecule has 2 aromatic rings. The third-order valence-electron chi connectivity index (χ3n) is 5.95. The number of nitrogens with zero attached hydrogens (tertiary/aromatic N) is 4. The van der Waals surface area contributed by atoms with Gasteiger partial charge >= 0.3 is 0 Å². The van der Waals surface area contributed by atoms with Crippen LogP contribution < -0.4 is 21.3 Å². The van der Waals surface area contributed by atoms with Crippen molar-refractivity contribution in [3.63, 3.8) is 0 Å². The molecule has 8 nitrogen and oxygen atoms in total. The largest absolute Gasteiger partial charge is 0.382 e. The molecule has 30 heavy (non-hydrogen) atoms. The topological polar surface area (TPSA) is 99.4 Å². The number of nitrogens with one attached hydrogen (secondary N) is 2. The van der Waals surface area contributed by atoms with Crippen LogP contribution in [0.15, 0.2) is 24.3 Å².